The number of pyridine rings is 2. The Morgan fingerprint density at radius 1 is 0.604 bits per heavy atom. The molecule has 2 aliphatic rings. The average Bonchev–Trinajstić information content (AvgIpc) is 3.02. The first-order valence-corrected chi connectivity index (χ1v) is 16.9. The highest BCUT2D eigenvalue weighted by atomic mass is 35.5. The zero-order chi connectivity index (χ0) is 34.4. The second-order valence-corrected chi connectivity index (χ2v) is 15.0. The Morgan fingerprint density at radius 2 is 0.979 bits per heavy atom. The first-order valence-electron chi connectivity index (χ1n) is 16.2. The van der Waals surface area contributed by atoms with Crippen LogP contribution in [-0.4, -0.2) is 56.2 Å². The Hall–Kier alpha value is -4.14. The van der Waals surface area contributed by atoms with Gasteiger partial charge >= 0.3 is 12.2 Å². The minimum absolute atomic E-state index is 0.317. The molecule has 0 aliphatic carbocycles. The molecule has 2 amide bonds. The molecule has 2 aromatic heterocycles. The van der Waals surface area contributed by atoms with Gasteiger partial charge in [0.2, 0.25) is 0 Å². The van der Waals surface area contributed by atoms with Crippen LogP contribution in [0.5, 0.6) is 0 Å². The molecule has 0 saturated heterocycles. The summed E-state index contributed by atoms with van der Waals surface area (Å²) >= 11 is 14.2. The van der Waals surface area contributed by atoms with Crippen LogP contribution in [0, 0.1) is 0 Å². The Bertz CT molecular complexity index is 1760. The number of hydrogen-bond acceptors (Lipinski definition) is 6. The summed E-state index contributed by atoms with van der Waals surface area (Å²) in [7, 11) is 0. The molecule has 8 nitrogen and oxygen atoms in total. The number of aromatic nitrogens is 2. The van der Waals surface area contributed by atoms with Gasteiger partial charge in [0.1, 0.15) is 11.2 Å². The summed E-state index contributed by atoms with van der Waals surface area (Å²) in [4.78, 5) is 38.7. The topological polar surface area (TPSA) is 84.9 Å². The van der Waals surface area contributed by atoms with Crippen molar-refractivity contribution in [2.24, 2.45) is 0 Å². The molecule has 0 unspecified atom stereocenters. The van der Waals surface area contributed by atoms with Gasteiger partial charge in [-0.2, -0.15) is 0 Å². The first-order chi connectivity index (χ1) is 22.7. The second-order valence-electron chi connectivity index (χ2n) is 14.2. The van der Waals surface area contributed by atoms with E-state index in [1.165, 1.54) is 0 Å². The van der Waals surface area contributed by atoms with Crippen molar-refractivity contribution >= 4 is 35.4 Å². The van der Waals surface area contributed by atoms with Crippen LogP contribution in [0.1, 0.15) is 64.1 Å². The van der Waals surface area contributed by atoms with E-state index in [2.05, 4.69) is 0 Å². The minimum Gasteiger partial charge on any atom is -0.444 e. The highest BCUT2D eigenvalue weighted by molar-refractivity contribution is 6.39. The van der Waals surface area contributed by atoms with Gasteiger partial charge in [-0.15, -0.1) is 0 Å². The molecule has 48 heavy (non-hydrogen) atoms. The number of hydrogen-bond donors (Lipinski definition) is 0. The fraction of sp³-hybridized carbons (Fsp3) is 0.368. The lowest BCUT2D eigenvalue weighted by atomic mass is 9.97. The van der Waals surface area contributed by atoms with Crippen LogP contribution in [-0.2, 0) is 35.4 Å². The molecule has 0 N–H and O–H groups in total. The monoisotopic (exact) mass is 686 g/mol. The number of halogens is 2. The van der Waals surface area contributed by atoms with Crippen LogP contribution in [0.25, 0.3) is 33.6 Å². The van der Waals surface area contributed by atoms with E-state index in [1.54, 1.807) is 9.80 Å². The van der Waals surface area contributed by atoms with Gasteiger partial charge in [0.25, 0.3) is 0 Å². The molecule has 4 aromatic rings. The number of carbonyl (C=O) groups is 2. The normalized spacial score (nSPS) is 14.7. The molecule has 0 atom stereocenters. The first kappa shape index (κ1) is 33.7. The smallest absolute Gasteiger partial charge is 0.410 e. The third-order valence-corrected chi connectivity index (χ3v) is 9.05. The number of fused-ring (bicyclic) bond motifs is 2. The van der Waals surface area contributed by atoms with E-state index in [-0.39, 0.29) is 12.2 Å². The molecule has 0 fully saturated rings. The lowest BCUT2D eigenvalue weighted by Crippen LogP contribution is -2.40. The Kier molecular flexibility index (Phi) is 9.18. The van der Waals surface area contributed by atoms with Gasteiger partial charge in [-0.05, 0) is 64.8 Å². The number of ether oxygens (including phenoxy) is 2. The van der Waals surface area contributed by atoms with Crippen LogP contribution in [0.4, 0.5) is 9.59 Å². The summed E-state index contributed by atoms with van der Waals surface area (Å²) in [6, 6.07) is 19.7. The van der Waals surface area contributed by atoms with E-state index in [9.17, 15) is 9.59 Å². The molecule has 2 aromatic carbocycles. The van der Waals surface area contributed by atoms with Crippen molar-refractivity contribution in [1.29, 1.82) is 0 Å². The van der Waals surface area contributed by atoms with Crippen LogP contribution >= 0.6 is 23.2 Å². The highest BCUT2D eigenvalue weighted by Gasteiger charge is 2.28. The zero-order valence-corrected chi connectivity index (χ0v) is 29.7. The third-order valence-electron chi connectivity index (χ3n) is 8.24. The molecular formula is C38H40Cl2N4O4. The van der Waals surface area contributed by atoms with Crippen molar-refractivity contribution in [2.75, 3.05) is 13.1 Å². The zero-order valence-electron chi connectivity index (χ0n) is 28.2. The van der Waals surface area contributed by atoms with Crippen molar-refractivity contribution in [3.63, 3.8) is 0 Å². The van der Waals surface area contributed by atoms with E-state index in [0.717, 1.165) is 56.2 Å². The molecule has 2 aliphatic heterocycles. The lowest BCUT2D eigenvalue weighted by molar-refractivity contribution is 0.0212. The van der Waals surface area contributed by atoms with Crippen LogP contribution < -0.4 is 0 Å². The van der Waals surface area contributed by atoms with Gasteiger partial charge in [-0.3, -0.25) is 9.97 Å². The van der Waals surface area contributed by atoms with Crippen molar-refractivity contribution in [3.8, 4) is 33.6 Å². The maximum atomic E-state index is 12.6. The summed E-state index contributed by atoms with van der Waals surface area (Å²) in [6.45, 7) is 13.2. The van der Waals surface area contributed by atoms with Gasteiger partial charge in [-0.1, -0.05) is 71.7 Å². The van der Waals surface area contributed by atoms with E-state index in [0.29, 0.717) is 49.1 Å². The Morgan fingerprint density at radius 3 is 1.35 bits per heavy atom. The highest BCUT2D eigenvalue weighted by Crippen LogP contribution is 2.42. The van der Waals surface area contributed by atoms with Gasteiger partial charge in [0.15, 0.2) is 0 Å². The SMILES string of the molecule is CC(C)(C)OC(=O)N1CCc2nc(-c3cccc(-c4cccc(-c5ccc6c(n5)CCN(C(=O)OC(C)(C)C)C6)c4Cl)c3Cl)ccc2C1. The molecule has 0 radical (unpaired) electrons. The van der Waals surface area contributed by atoms with Crippen molar-refractivity contribution in [1.82, 2.24) is 19.8 Å². The number of rotatable bonds is 3. The van der Waals surface area contributed by atoms with Crippen LogP contribution in [0.2, 0.25) is 10.0 Å². The summed E-state index contributed by atoms with van der Waals surface area (Å²) in [5, 5.41) is 1.10. The van der Waals surface area contributed by atoms with Crippen LogP contribution in [0.15, 0.2) is 60.7 Å². The van der Waals surface area contributed by atoms with Gasteiger partial charge in [0, 0.05) is 59.6 Å². The molecule has 0 spiro atoms. The van der Waals surface area contributed by atoms with E-state index < -0.39 is 11.2 Å². The van der Waals surface area contributed by atoms with E-state index >= 15 is 0 Å². The molecule has 250 valence electrons. The van der Waals surface area contributed by atoms with Crippen molar-refractivity contribution in [3.05, 3.63) is 93.2 Å². The number of carbonyl (C=O) groups excluding carboxylic acids is 2. The Labute approximate surface area is 292 Å². The van der Waals surface area contributed by atoms with E-state index in [4.69, 9.17) is 42.6 Å². The van der Waals surface area contributed by atoms with Gasteiger partial charge in [0.05, 0.1) is 34.5 Å². The number of benzene rings is 2. The maximum absolute atomic E-state index is 12.6. The van der Waals surface area contributed by atoms with Crippen molar-refractivity contribution < 1.29 is 19.1 Å². The quantitative estimate of drug-likeness (QED) is 0.213. The van der Waals surface area contributed by atoms with Gasteiger partial charge < -0.3 is 19.3 Å². The average molecular weight is 688 g/mol. The molecule has 10 heteroatoms. The fourth-order valence-corrected chi connectivity index (χ4v) is 6.62. The molecular weight excluding hydrogens is 647 g/mol. The van der Waals surface area contributed by atoms with Crippen molar-refractivity contribution in [2.45, 2.75) is 78.7 Å². The van der Waals surface area contributed by atoms with Crippen LogP contribution in [0.3, 0.4) is 0 Å². The van der Waals surface area contributed by atoms with Gasteiger partial charge in [-0.25, -0.2) is 9.59 Å². The predicted octanol–water partition coefficient (Wildman–Crippen LogP) is 9.37. The third kappa shape index (κ3) is 7.30. The summed E-state index contributed by atoms with van der Waals surface area (Å²) < 4.78 is 11.1. The maximum Gasteiger partial charge on any atom is 0.410 e. The fourth-order valence-electron chi connectivity index (χ4n) is 5.97. The molecule has 4 heterocycles. The number of nitrogens with zero attached hydrogens (tertiary/aromatic N) is 4. The lowest BCUT2D eigenvalue weighted by Gasteiger charge is -2.31. The molecule has 0 bridgehead atoms. The summed E-state index contributed by atoms with van der Waals surface area (Å²) in [5.41, 5.74) is 7.49. The minimum atomic E-state index is -0.548. The summed E-state index contributed by atoms with van der Waals surface area (Å²) in [6.07, 6.45) is 0.617. The summed E-state index contributed by atoms with van der Waals surface area (Å²) in [5.74, 6) is 0. The second kappa shape index (κ2) is 13.1. The standard InChI is InChI=1S/C38H40Cl2N4O4/c1-37(2,3)47-35(45)43-19-17-29-23(21-43)13-15-31(41-29)27-11-7-9-25(33(27)39)26-10-8-12-28(34(26)40)32-16-14-24-22-44(20-18-30(24)42-32)36(46)48-38(4,5)6/h7-16H,17-22H2,1-6H3. The molecule has 6 rings (SSSR count). The molecule has 0 saturated carbocycles. The largest absolute Gasteiger partial charge is 0.444 e. The number of amides is 2. The van der Waals surface area contributed by atoms with E-state index in [1.807, 2.05) is 102 Å². The Balaban J connectivity index is 1.24. The predicted molar refractivity (Wildman–Crippen MR) is 189 cm³/mol.